The molecule has 2 heterocycles. The Morgan fingerprint density at radius 2 is 1.75 bits per heavy atom. The van der Waals surface area contributed by atoms with Crippen molar-refractivity contribution < 1.29 is 27.9 Å². The van der Waals surface area contributed by atoms with Gasteiger partial charge in [0.15, 0.2) is 0 Å². The first-order chi connectivity index (χ1) is 13.2. The molecule has 0 saturated carbocycles. The van der Waals surface area contributed by atoms with E-state index in [1.807, 2.05) is 4.72 Å². The summed E-state index contributed by atoms with van der Waals surface area (Å²) in [5.74, 6) is -2.85. The van der Waals surface area contributed by atoms with Crippen molar-refractivity contribution in [1.29, 1.82) is 0 Å². The summed E-state index contributed by atoms with van der Waals surface area (Å²) in [4.78, 5) is 20.5. The third-order valence-corrected chi connectivity index (χ3v) is 5.32. The van der Waals surface area contributed by atoms with Gasteiger partial charge in [0.25, 0.3) is 0 Å². The number of amides is 1. The number of rotatable bonds is 3. The highest BCUT2D eigenvalue weighted by Gasteiger charge is 2.59. The van der Waals surface area contributed by atoms with Gasteiger partial charge in [-0.05, 0) is 22.7 Å². The number of hydrogen-bond acceptors (Lipinski definition) is 8. The van der Waals surface area contributed by atoms with Gasteiger partial charge in [0.2, 0.25) is 17.5 Å². The Labute approximate surface area is 157 Å². The first-order valence-corrected chi connectivity index (χ1v) is 9.25. The van der Waals surface area contributed by atoms with Gasteiger partial charge in [0.1, 0.15) is 5.75 Å². The molecule has 0 aliphatic carbocycles. The van der Waals surface area contributed by atoms with Crippen LogP contribution < -0.4 is 10.0 Å². The van der Waals surface area contributed by atoms with Crippen molar-refractivity contribution in [3.8, 4) is 11.6 Å². The van der Waals surface area contributed by atoms with E-state index in [0.29, 0.717) is 5.39 Å². The summed E-state index contributed by atoms with van der Waals surface area (Å²) >= 11 is 0. The molecule has 0 bridgehead atoms. The molecular formula is C16H12FN5O5S. The van der Waals surface area contributed by atoms with Crippen molar-refractivity contribution in [2.75, 3.05) is 5.32 Å². The third kappa shape index (κ3) is 2.58. The van der Waals surface area contributed by atoms with Crippen LogP contribution in [0.25, 0.3) is 10.9 Å². The average molecular weight is 405 g/mol. The number of halogens is 1. The zero-order chi connectivity index (χ0) is 20.1. The first-order valence-electron chi connectivity index (χ1n) is 7.81. The lowest BCUT2D eigenvalue weighted by Gasteiger charge is -2.27. The lowest BCUT2D eigenvalue weighted by molar-refractivity contribution is -0.138. The van der Waals surface area contributed by atoms with Crippen LogP contribution in [-0.4, -0.2) is 39.0 Å². The minimum absolute atomic E-state index is 0.278. The van der Waals surface area contributed by atoms with Crippen molar-refractivity contribution in [1.82, 2.24) is 19.2 Å². The molecule has 0 radical (unpaired) electrons. The second-order valence-electron chi connectivity index (χ2n) is 5.91. The maximum atomic E-state index is 14.1. The Kier molecular flexibility index (Phi) is 3.83. The van der Waals surface area contributed by atoms with Crippen LogP contribution in [0.4, 0.5) is 10.4 Å². The predicted molar refractivity (Wildman–Crippen MR) is 94.6 cm³/mol. The van der Waals surface area contributed by atoms with Crippen molar-refractivity contribution in [2.45, 2.75) is 5.66 Å². The highest BCUT2D eigenvalue weighted by atomic mass is 32.2. The highest BCUT2D eigenvalue weighted by molar-refractivity contribution is 7.88. The standard InChI is InChI=1S/C16H12FN5O5S/c17-22-14(25)16(21-28(22,26)27,10-6-2-4-8-12(10)23)20-15-18-11-7-3-1-5-9(11)13(24)19-15/h1-8,21,23H,(H2,18,19,20,24). The molecule has 4 rings (SSSR count). The summed E-state index contributed by atoms with van der Waals surface area (Å²) in [6, 6.07) is 11.7. The predicted octanol–water partition coefficient (Wildman–Crippen LogP) is 0.867. The minimum Gasteiger partial charge on any atom is -0.508 e. The Morgan fingerprint density at radius 1 is 1.07 bits per heavy atom. The number of aromatic hydroxyl groups is 2. The van der Waals surface area contributed by atoms with Gasteiger partial charge >= 0.3 is 16.1 Å². The van der Waals surface area contributed by atoms with Gasteiger partial charge in [0, 0.05) is 5.56 Å². The number of carbonyl (C=O) groups excluding carboxylic acids is 1. The molecule has 1 atom stereocenters. The fourth-order valence-electron chi connectivity index (χ4n) is 2.91. The molecule has 4 N–H and O–H groups in total. The molecule has 144 valence electrons. The van der Waals surface area contributed by atoms with Gasteiger partial charge in [-0.3, -0.25) is 4.79 Å². The summed E-state index contributed by atoms with van der Waals surface area (Å²) < 4.78 is 38.8. The quantitative estimate of drug-likeness (QED) is 0.470. The SMILES string of the molecule is O=C1N(F)S(=O)(=O)NC1(Nc1nc(O)c2ccccc2n1)c1ccccc1O. The van der Waals surface area contributed by atoms with Gasteiger partial charge in [-0.2, -0.15) is 18.1 Å². The van der Waals surface area contributed by atoms with E-state index >= 15 is 0 Å². The number of phenolic OH excluding ortho intramolecular Hbond substituents is 1. The van der Waals surface area contributed by atoms with Gasteiger partial charge < -0.3 is 15.5 Å². The van der Waals surface area contributed by atoms with Crippen LogP contribution in [0, 0.1) is 0 Å². The van der Waals surface area contributed by atoms with Crippen LogP contribution in [0.15, 0.2) is 48.5 Å². The molecule has 1 saturated heterocycles. The number of aromatic nitrogens is 2. The Bertz CT molecular complexity index is 1220. The second-order valence-corrected chi connectivity index (χ2v) is 7.38. The molecule has 1 unspecified atom stereocenters. The van der Waals surface area contributed by atoms with E-state index in [1.54, 1.807) is 24.3 Å². The largest absolute Gasteiger partial charge is 0.508 e. The first kappa shape index (κ1) is 17.9. The highest BCUT2D eigenvalue weighted by Crippen LogP contribution is 2.37. The smallest absolute Gasteiger partial charge is 0.333 e. The molecule has 10 nitrogen and oxygen atoms in total. The van der Waals surface area contributed by atoms with Crippen molar-refractivity contribution in [3.05, 3.63) is 54.1 Å². The summed E-state index contributed by atoms with van der Waals surface area (Å²) in [6.45, 7) is 0. The van der Waals surface area contributed by atoms with E-state index in [0.717, 1.165) is 0 Å². The number of para-hydroxylation sites is 2. The number of fused-ring (bicyclic) bond motifs is 1. The lowest BCUT2D eigenvalue weighted by Crippen LogP contribution is -2.51. The van der Waals surface area contributed by atoms with E-state index in [1.165, 1.54) is 24.3 Å². The van der Waals surface area contributed by atoms with Gasteiger partial charge in [0.05, 0.1) is 10.9 Å². The van der Waals surface area contributed by atoms with E-state index in [2.05, 4.69) is 15.3 Å². The van der Waals surface area contributed by atoms with Crippen LogP contribution in [0.1, 0.15) is 5.56 Å². The number of benzene rings is 2. The summed E-state index contributed by atoms with van der Waals surface area (Å²) in [5, 5.41) is 23.0. The normalized spacial score (nSPS) is 21.2. The fourth-order valence-corrected chi connectivity index (χ4v) is 3.98. The van der Waals surface area contributed by atoms with E-state index in [4.69, 9.17) is 0 Å². The molecule has 1 aliphatic rings. The van der Waals surface area contributed by atoms with Gasteiger partial charge in [-0.1, -0.05) is 34.8 Å². The summed E-state index contributed by atoms with van der Waals surface area (Å²) in [5.41, 5.74) is -2.45. The maximum Gasteiger partial charge on any atom is 0.333 e. The molecule has 1 aliphatic heterocycles. The molecule has 0 spiro atoms. The number of hydrogen-bond donors (Lipinski definition) is 4. The van der Waals surface area contributed by atoms with E-state index < -0.39 is 37.9 Å². The number of anilines is 1. The molecule has 1 aromatic heterocycles. The number of nitrogens with zero attached hydrogens (tertiary/aromatic N) is 3. The fraction of sp³-hybridized carbons (Fsp3) is 0.0625. The molecule has 12 heteroatoms. The van der Waals surface area contributed by atoms with Crippen LogP contribution in [0.5, 0.6) is 11.6 Å². The molecular weight excluding hydrogens is 393 g/mol. The zero-order valence-electron chi connectivity index (χ0n) is 13.9. The molecule has 3 aromatic rings. The van der Waals surface area contributed by atoms with Crippen molar-refractivity contribution in [2.24, 2.45) is 0 Å². The molecule has 1 fully saturated rings. The monoisotopic (exact) mass is 405 g/mol. The molecule has 2 aromatic carbocycles. The Morgan fingerprint density at radius 3 is 2.43 bits per heavy atom. The topological polar surface area (TPSA) is 145 Å². The molecule has 1 amide bonds. The van der Waals surface area contributed by atoms with Gasteiger partial charge in [-0.25, -0.2) is 4.98 Å². The van der Waals surface area contributed by atoms with Crippen molar-refractivity contribution in [3.63, 3.8) is 0 Å². The van der Waals surface area contributed by atoms with Crippen LogP contribution in [0.3, 0.4) is 0 Å². The number of carbonyl (C=O) groups is 1. The summed E-state index contributed by atoms with van der Waals surface area (Å²) in [6.07, 6.45) is 0. The number of phenols is 1. The molecule has 28 heavy (non-hydrogen) atoms. The minimum atomic E-state index is -4.84. The third-order valence-electron chi connectivity index (χ3n) is 4.16. The zero-order valence-corrected chi connectivity index (χ0v) is 14.7. The second kappa shape index (κ2) is 6.00. The van der Waals surface area contributed by atoms with Gasteiger partial charge in [-0.15, -0.1) is 0 Å². The Hall–Kier alpha value is -3.51. The van der Waals surface area contributed by atoms with Crippen LogP contribution >= 0.6 is 0 Å². The number of nitrogens with one attached hydrogen (secondary N) is 2. The Balaban J connectivity index is 1.91. The van der Waals surface area contributed by atoms with Crippen LogP contribution in [-0.2, 0) is 20.7 Å². The van der Waals surface area contributed by atoms with E-state index in [-0.39, 0.29) is 17.0 Å². The van der Waals surface area contributed by atoms with Crippen LogP contribution in [0.2, 0.25) is 0 Å². The lowest BCUT2D eigenvalue weighted by atomic mass is 9.98. The maximum absolute atomic E-state index is 14.1. The van der Waals surface area contributed by atoms with E-state index in [9.17, 15) is 27.9 Å². The summed E-state index contributed by atoms with van der Waals surface area (Å²) in [7, 11) is -4.84. The average Bonchev–Trinajstić information content (AvgIpc) is 2.82. The van der Waals surface area contributed by atoms with Crippen molar-refractivity contribution >= 4 is 33.0 Å².